The van der Waals surface area contributed by atoms with Gasteiger partial charge in [-0.3, -0.25) is 4.68 Å². The Kier molecular flexibility index (Phi) is 3.92. The maximum atomic E-state index is 4.38. The van der Waals surface area contributed by atoms with Gasteiger partial charge < -0.3 is 5.32 Å². The van der Waals surface area contributed by atoms with Crippen LogP contribution in [0.15, 0.2) is 12.3 Å². The van der Waals surface area contributed by atoms with Gasteiger partial charge in [-0.25, -0.2) is 0 Å². The van der Waals surface area contributed by atoms with E-state index in [2.05, 4.69) is 35.1 Å². The molecule has 3 atom stereocenters. The Morgan fingerprint density at radius 3 is 2.79 bits per heavy atom. The van der Waals surface area contributed by atoms with Crippen molar-refractivity contribution in [3.63, 3.8) is 0 Å². The number of aromatic nitrogens is 2. The first-order valence-electron chi connectivity index (χ1n) is 7.99. The topological polar surface area (TPSA) is 29.9 Å². The van der Waals surface area contributed by atoms with E-state index >= 15 is 0 Å². The summed E-state index contributed by atoms with van der Waals surface area (Å²) in [5.74, 6) is 2.42. The molecule has 0 aromatic carbocycles. The highest BCUT2D eigenvalue weighted by Crippen LogP contribution is 2.41. The third-order valence-corrected chi connectivity index (χ3v) is 5.16. The minimum Gasteiger partial charge on any atom is -0.314 e. The van der Waals surface area contributed by atoms with E-state index in [1.54, 1.807) is 0 Å². The SMILES string of the molecule is CCC1CCC(CNC2CC2)C(c2ccnn2C)C1. The lowest BCUT2D eigenvalue weighted by atomic mass is 9.71. The summed E-state index contributed by atoms with van der Waals surface area (Å²) >= 11 is 0. The van der Waals surface area contributed by atoms with Crippen molar-refractivity contribution in [3.05, 3.63) is 18.0 Å². The Morgan fingerprint density at radius 2 is 2.16 bits per heavy atom. The van der Waals surface area contributed by atoms with Crippen molar-refractivity contribution in [2.45, 2.75) is 57.4 Å². The van der Waals surface area contributed by atoms with Gasteiger partial charge in [-0.05, 0) is 50.1 Å². The van der Waals surface area contributed by atoms with Gasteiger partial charge in [-0.15, -0.1) is 0 Å². The summed E-state index contributed by atoms with van der Waals surface area (Å²) in [5.41, 5.74) is 1.45. The van der Waals surface area contributed by atoms with E-state index in [0.717, 1.165) is 17.9 Å². The molecule has 0 amide bonds. The lowest BCUT2D eigenvalue weighted by Gasteiger charge is -2.36. The minimum absolute atomic E-state index is 0.706. The zero-order valence-corrected chi connectivity index (χ0v) is 12.3. The summed E-state index contributed by atoms with van der Waals surface area (Å²) in [6, 6.07) is 3.06. The van der Waals surface area contributed by atoms with Gasteiger partial charge in [0.05, 0.1) is 0 Å². The van der Waals surface area contributed by atoms with Gasteiger partial charge in [0.1, 0.15) is 0 Å². The highest BCUT2D eigenvalue weighted by atomic mass is 15.3. The second kappa shape index (κ2) is 5.66. The fraction of sp³-hybridized carbons (Fsp3) is 0.812. The highest BCUT2D eigenvalue weighted by Gasteiger charge is 2.33. The van der Waals surface area contributed by atoms with Crippen LogP contribution in [0.3, 0.4) is 0 Å². The molecule has 3 nitrogen and oxygen atoms in total. The van der Waals surface area contributed by atoms with E-state index in [1.165, 1.54) is 50.8 Å². The summed E-state index contributed by atoms with van der Waals surface area (Å²) in [7, 11) is 2.09. The number of aryl methyl sites for hydroxylation is 1. The van der Waals surface area contributed by atoms with Gasteiger partial charge in [0, 0.05) is 30.9 Å². The van der Waals surface area contributed by atoms with Crippen LogP contribution in [-0.4, -0.2) is 22.4 Å². The van der Waals surface area contributed by atoms with Gasteiger partial charge >= 0.3 is 0 Å². The van der Waals surface area contributed by atoms with E-state index in [9.17, 15) is 0 Å². The molecule has 1 heterocycles. The highest BCUT2D eigenvalue weighted by molar-refractivity contribution is 5.11. The molecule has 0 radical (unpaired) electrons. The van der Waals surface area contributed by atoms with E-state index in [0.29, 0.717) is 5.92 Å². The molecule has 2 fully saturated rings. The molecule has 19 heavy (non-hydrogen) atoms. The van der Waals surface area contributed by atoms with E-state index in [1.807, 2.05) is 6.20 Å². The number of nitrogens with one attached hydrogen (secondary N) is 1. The van der Waals surface area contributed by atoms with Crippen LogP contribution in [0.2, 0.25) is 0 Å². The first-order chi connectivity index (χ1) is 9.28. The predicted octanol–water partition coefficient (Wildman–Crippen LogP) is 3.08. The van der Waals surface area contributed by atoms with Crippen LogP contribution in [0, 0.1) is 11.8 Å². The van der Waals surface area contributed by atoms with Crippen LogP contribution in [0.5, 0.6) is 0 Å². The van der Waals surface area contributed by atoms with Crippen molar-refractivity contribution in [1.29, 1.82) is 0 Å². The average Bonchev–Trinajstić information content (AvgIpc) is 3.17. The summed E-state index contributed by atoms with van der Waals surface area (Å²) in [5, 5.41) is 8.12. The lowest BCUT2D eigenvalue weighted by molar-refractivity contribution is 0.218. The van der Waals surface area contributed by atoms with Crippen LogP contribution in [0.1, 0.15) is 57.1 Å². The monoisotopic (exact) mass is 261 g/mol. The lowest BCUT2D eigenvalue weighted by Crippen LogP contribution is -2.33. The van der Waals surface area contributed by atoms with Gasteiger partial charge in [0.2, 0.25) is 0 Å². The van der Waals surface area contributed by atoms with Crippen LogP contribution in [0.4, 0.5) is 0 Å². The molecule has 0 bridgehead atoms. The minimum atomic E-state index is 0.706. The van der Waals surface area contributed by atoms with Crippen LogP contribution < -0.4 is 5.32 Å². The average molecular weight is 261 g/mol. The first kappa shape index (κ1) is 13.2. The van der Waals surface area contributed by atoms with Crippen LogP contribution in [0.25, 0.3) is 0 Å². The second-order valence-electron chi connectivity index (χ2n) is 6.52. The molecule has 3 heteroatoms. The molecule has 2 saturated carbocycles. The predicted molar refractivity (Wildman–Crippen MR) is 78.1 cm³/mol. The maximum absolute atomic E-state index is 4.38. The number of hydrogen-bond acceptors (Lipinski definition) is 2. The van der Waals surface area contributed by atoms with Gasteiger partial charge in [0.15, 0.2) is 0 Å². The third kappa shape index (κ3) is 3.02. The first-order valence-corrected chi connectivity index (χ1v) is 7.99. The van der Waals surface area contributed by atoms with Gasteiger partial charge in [-0.1, -0.05) is 19.8 Å². The number of nitrogens with zero attached hydrogens (tertiary/aromatic N) is 2. The second-order valence-corrected chi connectivity index (χ2v) is 6.52. The van der Waals surface area contributed by atoms with E-state index in [4.69, 9.17) is 0 Å². The molecule has 2 aliphatic carbocycles. The van der Waals surface area contributed by atoms with E-state index in [-0.39, 0.29) is 0 Å². The molecule has 1 N–H and O–H groups in total. The summed E-state index contributed by atoms with van der Waals surface area (Å²) in [4.78, 5) is 0. The van der Waals surface area contributed by atoms with Crippen molar-refractivity contribution in [2.75, 3.05) is 6.54 Å². The van der Waals surface area contributed by atoms with E-state index < -0.39 is 0 Å². The van der Waals surface area contributed by atoms with Crippen molar-refractivity contribution in [3.8, 4) is 0 Å². The summed E-state index contributed by atoms with van der Waals surface area (Å²) in [6.45, 7) is 3.55. The Balaban J connectivity index is 1.70. The zero-order chi connectivity index (χ0) is 13.2. The Morgan fingerprint density at radius 1 is 1.32 bits per heavy atom. The summed E-state index contributed by atoms with van der Waals surface area (Å²) in [6.07, 6.45) is 10.2. The molecule has 0 aliphatic heterocycles. The quantitative estimate of drug-likeness (QED) is 0.882. The molecule has 3 rings (SSSR count). The Bertz CT molecular complexity index is 408. The number of hydrogen-bond donors (Lipinski definition) is 1. The van der Waals surface area contributed by atoms with Crippen LogP contribution in [-0.2, 0) is 7.05 Å². The fourth-order valence-electron chi connectivity index (χ4n) is 3.65. The molecule has 1 aromatic rings. The Labute approximate surface area is 116 Å². The molecule has 1 aromatic heterocycles. The normalized spacial score (nSPS) is 31.6. The standard InChI is InChI=1S/C16H27N3/c1-3-12-4-5-13(11-17-14-6-7-14)15(10-12)16-8-9-18-19(16)2/h8-9,12-15,17H,3-7,10-11H2,1-2H3. The smallest absolute Gasteiger partial charge is 0.0492 e. The molecule has 0 saturated heterocycles. The van der Waals surface area contributed by atoms with Crippen molar-refractivity contribution < 1.29 is 0 Å². The maximum Gasteiger partial charge on any atom is 0.0492 e. The largest absolute Gasteiger partial charge is 0.314 e. The molecule has 2 aliphatic rings. The molecule has 3 unspecified atom stereocenters. The Hall–Kier alpha value is -0.830. The van der Waals surface area contributed by atoms with Gasteiger partial charge in [-0.2, -0.15) is 5.10 Å². The molecule has 0 spiro atoms. The molecule has 106 valence electrons. The third-order valence-electron chi connectivity index (χ3n) is 5.16. The van der Waals surface area contributed by atoms with Crippen molar-refractivity contribution >= 4 is 0 Å². The number of rotatable bonds is 5. The molecular weight excluding hydrogens is 234 g/mol. The van der Waals surface area contributed by atoms with Gasteiger partial charge in [0.25, 0.3) is 0 Å². The van der Waals surface area contributed by atoms with Crippen molar-refractivity contribution in [2.24, 2.45) is 18.9 Å². The van der Waals surface area contributed by atoms with Crippen molar-refractivity contribution in [1.82, 2.24) is 15.1 Å². The van der Waals surface area contributed by atoms with Crippen LogP contribution >= 0.6 is 0 Å². The molecular formula is C16H27N3. The summed E-state index contributed by atoms with van der Waals surface area (Å²) < 4.78 is 2.09. The fourth-order valence-corrected chi connectivity index (χ4v) is 3.65. The zero-order valence-electron chi connectivity index (χ0n) is 12.3.